The van der Waals surface area contributed by atoms with Gasteiger partial charge in [-0.2, -0.15) is 10.2 Å². The number of azo groups is 3. The molecule has 2 aromatic carbocycles. The van der Waals surface area contributed by atoms with Gasteiger partial charge in [-0.3, -0.25) is 0 Å². The zero-order chi connectivity index (χ0) is 27.7. The number of unbranched alkanes of at least 4 members (excludes halogenated alkanes) is 2. The highest BCUT2D eigenvalue weighted by Gasteiger charge is 2.14. The predicted octanol–water partition coefficient (Wildman–Crippen LogP) is 10.8. The molecule has 0 radical (unpaired) electrons. The molecule has 0 N–H and O–H groups in total. The lowest BCUT2D eigenvalue weighted by Gasteiger charge is -2.13. The molecule has 5 rings (SSSR count). The zero-order valence-corrected chi connectivity index (χ0v) is 24.8. The van der Waals surface area contributed by atoms with E-state index >= 15 is 0 Å². The van der Waals surface area contributed by atoms with Crippen molar-refractivity contribution in [2.75, 3.05) is 18.0 Å². The zero-order valence-electron chi connectivity index (χ0n) is 23.1. The average Bonchev–Trinajstić information content (AvgIpc) is 3.73. The Morgan fingerprint density at radius 2 is 1.40 bits per heavy atom. The molecule has 1 aliphatic rings. The van der Waals surface area contributed by atoms with Gasteiger partial charge in [-0.25, -0.2) is 0 Å². The van der Waals surface area contributed by atoms with Crippen LogP contribution in [0.3, 0.4) is 0 Å². The Hall–Kier alpha value is -3.70. The highest BCUT2D eigenvalue weighted by Crippen LogP contribution is 2.35. The molecule has 0 aliphatic carbocycles. The molecule has 4 aromatic rings. The lowest BCUT2D eigenvalue weighted by atomic mass is 10.2. The topological polar surface area (TPSA) is 103 Å². The molecule has 11 heteroatoms. The standard InChI is InChI=1S/C29H33N9S2/c1-4-5-6-9-26-35-37-29(40-26)36-33-25-13-10-22(18-21(25)3)30-32-24-12-11-23(19-20(24)2)31-34-27-14-15-28(39-27)38-16-7-8-17-38/h10-15,18-19H,4-9,16-17H2,1-3H3/b32-30+,34-31+,36-33+. The molecule has 1 aliphatic heterocycles. The number of nitrogens with zero attached hydrogens (tertiary/aromatic N) is 9. The summed E-state index contributed by atoms with van der Waals surface area (Å²) < 4.78 is 0. The first-order valence-electron chi connectivity index (χ1n) is 13.7. The van der Waals surface area contributed by atoms with Crippen molar-refractivity contribution in [2.24, 2.45) is 30.7 Å². The van der Waals surface area contributed by atoms with E-state index in [9.17, 15) is 0 Å². The molecule has 0 amide bonds. The number of hydrogen-bond acceptors (Lipinski definition) is 11. The van der Waals surface area contributed by atoms with Crippen LogP contribution in [-0.2, 0) is 6.42 Å². The van der Waals surface area contributed by atoms with Crippen LogP contribution in [0.4, 0.5) is 37.9 Å². The summed E-state index contributed by atoms with van der Waals surface area (Å²) in [6.45, 7) is 8.44. The molecular weight excluding hydrogens is 539 g/mol. The second-order valence-corrected chi connectivity index (χ2v) is 11.9. The van der Waals surface area contributed by atoms with Gasteiger partial charge in [-0.15, -0.1) is 30.7 Å². The van der Waals surface area contributed by atoms with Gasteiger partial charge in [0.1, 0.15) is 10.0 Å². The van der Waals surface area contributed by atoms with Gasteiger partial charge in [-0.05, 0) is 92.8 Å². The molecule has 1 fully saturated rings. The number of anilines is 1. The summed E-state index contributed by atoms with van der Waals surface area (Å²) in [6.07, 6.45) is 6.99. The highest BCUT2D eigenvalue weighted by molar-refractivity contribution is 7.19. The van der Waals surface area contributed by atoms with E-state index in [1.165, 1.54) is 42.0 Å². The number of hydrogen-bond donors (Lipinski definition) is 0. The van der Waals surface area contributed by atoms with Crippen molar-refractivity contribution in [1.29, 1.82) is 0 Å². The minimum atomic E-state index is 0.579. The smallest absolute Gasteiger partial charge is 0.251 e. The van der Waals surface area contributed by atoms with E-state index in [0.717, 1.165) is 69.8 Å². The predicted molar refractivity (Wildman–Crippen MR) is 164 cm³/mol. The first-order valence-corrected chi connectivity index (χ1v) is 15.3. The van der Waals surface area contributed by atoms with E-state index in [4.69, 9.17) is 0 Å². The van der Waals surface area contributed by atoms with Crippen LogP contribution in [0.2, 0.25) is 0 Å². The first-order chi connectivity index (χ1) is 19.6. The fourth-order valence-electron chi connectivity index (χ4n) is 4.33. The van der Waals surface area contributed by atoms with Crippen LogP contribution in [0.1, 0.15) is 55.2 Å². The van der Waals surface area contributed by atoms with E-state index in [1.807, 2.05) is 56.3 Å². The molecule has 206 valence electrons. The molecular formula is C29H33N9S2. The van der Waals surface area contributed by atoms with Crippen LogP contribution in [0.25, 0.3) is 0 Å². The Labute approximate surface area is 242 Å². The molecule has 0 atom stereocenters. The number of aryl methyl sites for hydroxylation is 3. The van der Waals surface area contributed by atoms with Crippen molar-refractivity contribution >= 4 is 60.6 Å². The van der Waals surface area contributed by atoms with Gasteiger partial charge < -0.3 is 4.90 Å². The quantitative estimate of drug-likeness (QED) is 0.132. The third-order valence-corrected chi connectivity index (χ3v) is 8.48. The van der Waals surface area contributed by atoms with Crippen LogP contribution < -0.4 is 4.90 Å². The summed E-state index contributed by atoms with van der Waals surface area (Å²) in [4.78, 5) is 2.41. The lowest BCUT2D eigenvalue weighted by Crippen LogP contribution is -2.15. The SMILES string of the molecule is CCCCCc1nnc(/N=N/c2ccc(/N=N/c3ccc(/N=N/c4ccc(N5CCCC5)s4)cc3C)cc2C)s1. The van der Waals surface area contributed by atoms with E-state index in [2.05, 4.69) is 58.8 Å². The van der Waals surface area contributed by atoms with Gasteiger partial charge in [0.05, 0.1) is 27.8 Å². The van der Waals surface area contributed by atoms with Gasteiger partial charge in [0, 0.05) is 19.5 Å². The molecule has 3 heterocycles. The number of rotatable bonds is 11. The Kier molecular flexibility index (Phi) is 9.46. The van der Waals surface area contributed by atoms with Gasteiger partial charge in [0.15, 0.2) is 0 Å². The van der Waals surface area contributed by atoms with E-state index in [1.54, 1.807) is 11.3 Å². The summed E-state index contributed by atoms with van der Waals surface area (Å²) in [5.41, 5.74) is 5.05. The summed E-state index contributed by atoms with van der Waals surface area (Å²) in [6, 6.07) is 15.7. The molecule has 0 unspecified atom stereocenters. The molecule has 0 saturated carbocycles. The lowest BCUT2D eigenvalue weighted by molar-refractivity contribution is 0.710. The van der Waals surface area contributed by atoms with Gasteiger partial charge in [-0.1, -0.05) is 42.4 Å². The third kappa shape index (κ3) is 7.48. The number of thiophene rings is 1. The second-order valence-electron chi connectivity index (χ2n) is 9.78. The van der Waals surface area contributed by atoms with Crippen molar-refractivity contribution in [3.05, 3.63) is 64.7 Å². The fraction of sp³-hybridized carbons (Fsp3) is 0.379. The second kappa shape index (κ2) is 13.6. The van der Waals surface area contributed by atoms with E-state index in [-0.39, 0.29) is 0 Å². The van der Waals surface area contributed by atoms with E-state index < -0.39 is 0 Å². The molecule has 1 saturated heterocycles. The van der Waals surface area contributed by atoms with Crippen molar-refractivity contribution in [2.45, 2.75) is 59.3 Å². The fourth-order valence-corrected chi connectivity index (χ4v) is 5.92. The largest absolute Gasteiger partial charge is 0.363 e. The van der Waals surface area contributed by atoms with Crippen molar-refractivity contribution in [1.82, 2.24) is 10.2 Å². The van der Waals surface area contributed by atoms with Gasteiger partial charge in [0.25, 0.3) is 5.13 Å². The Balaban J connectivity index is 1.18. The van der Waals surface area contributed by atoms with Crippen molar-refractivity contribution < 1.29 is 0 Å². The maximum absolute atomic E-state index is 4.46. The van der Waals surface area contributed by atoms with Crippen LogP contribution >= 0.6 is 22.7 Å². The molecule has 0 spiro atoms. The monoisotopic (exact) mass is 571 g/mol. The minimum Gasteiger partial charge on any atom is -0.363 e. The van der Waals surface area contributed by atoms with Gasteiger partial charge in [0.2, 0.25) is 0 Å². The average molecular weight is 572 g/mol. The van der Waals surface area contributed by atoms with Crippen molar-refractivity contribution in [3.8, 4) is 0 Å². The van der Waals surface area contributed by atoms with Crippen LogP contribution in [0, 0.1) is 13.8 Å². The molecule has 40 heavy (non-hydrogen) atoms. The minimum absolute atomic E-state index is 0.579. The molecule has 2 aromatic heterocycles. The summed E-state index contributed by atoms with van der Waals surface area (Å²) >= 11 is 3.18. The van der Waals surface area contributed by atoms with Crippen LogP contribution in [0.5, 0.6) is 0 Å². The normalized spacial score (nSPS) is 14.0. The summed E-state index contributed by atoms with van der Waals surface area (Å²) in [7, 11) is 0. The maximum atomic E-state index is 4.46. The van der Waals surface area contributed by atoms with E-state index in [0.29, 0.717) is 5.13 Å². The number of benzene rings is 2. The van der Waals surface area contributed by atoms with Crippen LogP contribution in [0.15, 0.2) is 79.2 Å². The molecule has 0 bridgehead atoms. The third-order valence-electron chi connectivity index (χ3n) is 6.59. The summed E-state index contributed by atoms with van der Waals surface area (Å²) in [5.74, 6) is 0. The Bertz CT molecular complexity index is 1510. The maximum Gasteiger partial charge on any atom is 0.251 e. The van der Waals surface area contributed by atoms with Gasteiger partial charge >= 0.3 is 0 Å². The number of aromatic nitrogens is 2. The Morgan fingerprint density at radius 1 is 0.725 bits per heavy atom. The van der Waals surface area contributed by atoms with Crippen LogP contribution in [-0.4, -0.2) is 23.3 Å². The van der Waals surface area contributed by atoms with Crippen molar-refractivity contribution in [3.63, 3.8) is 0 Å². The summed E-state index contributed by atoms with van der Waals surface area (Å²) in [5, 5.41) is 38.5. The highest BCUT2D eigenvalue weighted by atomic mass is 32.1. The Morgan fingerprint density at radius 3 is 2.08 bits per heavy atom. The molecule has 9 nitrogen and oxygen atoms in total. The first kappa shape index (κ1) is 27.9.